The van der Waals surface area contributed by atoms with Crippen LogP contribution in [0.1, 0.15) is 36.0 Å². The van der Waals surface area contributed by atoms with Crippen molar-refractivity contribution in [2.45, 2.75) is 37.8 Å². The van der Waals surface area contributed by atoms with Gasteiger partial charge in [0.25, 0.3) is 11.8 Å². The van der Waals surface area contributed by atoms with E-state index in [-0.39, 0.29) is 59.6 Å². The Hall–Kier alpha value is -3.93. The number of hydrogen-bond donors (Lipinski definition) is 3. The summed E-state index contributed by atoms with van der Waals surface area (Å²) in [5.74, 6) is -0.137. The number of carbonyl (C=O) groups excluding carboxylic acids is 3. The van der Waals surface area contributed by atoms with E-state index in [1.54, 1.807) is 4.90 Å². The number of nitrogens with two attached hydrogens (primary N) is 1. The van der Waals surface area contributed by atoms with E-state index in [1.807, 2.05) is 29.1 Å². The summed E-state index contributed by atoms with van der Waals surface area (Å²) in [5.41, 5.74) is 9.97. The molecule has 1 aliphatic carbocycles. The van der Waals surface area contributed by atoms with Crippen molar-refractivity contribution >= 4 is 23.4 Å². The summed E-state index contributed by atoms with van der Waals surface area (Å²) >= 11 is 0. The monoisotopic (exact) mass is 537 g/mol. The molecule has 3 amide bonds. The third-order valence-corrected chi connectivity index (χ3v) is 8.04. The fourth-order valence-corrected chi connectivity index (χ4v) is 5.83. The molecule has 5 aliphatic rings. The highest BCUT2D eigenvalue weighted by molar-refractivity contribution is 6.04. The number of aliphatic imine (C=N–C) groups is 1. The predicted molar refractivity (Wildman–Crippen MR) is 139 cm³/mol. The topological polar surface area (TPSA) is 133 Å². The van der Waals surface area contributed by atoms with Crippen LogP contribution >= 0.6 is 0 Å². The van der Waals surface area contributed by atoms with E-state index >= 15 is 0 Å². The number of rotatable bonds is 2. The first-order valence-electron chi connectivity index (χ1n) is 13.4. The molecule has 1 aromatic carbocycles. The lowest BCUT2D eigenvalue weighted by atomic mass is 9.94. The third kappa shape index (κ3) is 4.84. The normalized spacial score (nSPS) is 28.9. The van der Waals surface area contributed by atoms with Crippen LogP contribution < -0.4 is 21.2 Å². The van der Waals surface area contributed by atoms with Gasteiger partial charge in [-0.15, -0.1) is 0 Å². The summed E-state index contributed by atoms with van der Waals surface area (Å²) in [7, 11) is 1.92. The van der Waals surface area contributed by atoms with Crippen LogP contribution in [0.15, 0.2) is 47.0 Å². The number of allylic oxidation sites excluding steroid dienone is 1. The maximum absolute atomic E-state index is 14.3. The van der Waals surface area contributed by atoms with Crippen LogP contribution in [-0.2, 0) is 9.59 Å². The van der Waals surface area contributed by atoms with Crippen LogP contribution in [0.3, 0.4) is 0 Å². The van der Waals surface area contributed by atoms with Crippen LogP contribution in [-0.4, -0.2) is 83.6 Å². The Bertz CT molecular complexity index is 1310. The van der Waals surface area contributed by atoms with Crippen LogP contribution in [0.2, 0.25) is 0 Å². The summed E-state index contributed by atoms with van der Waals surface area (Å²) in [4.78, 5) is 46.8. The maximum atomic E-state index is 14.3. The lowest BCUT2D eigenvalue weighted by molar-refractivity contribution is -0.123. The number of piperidine rings is 1. The number of hydrazine groups is 1. The largest absolute Gasteiger partial charge is 0.483 e. The van der Waals surface area contributed by atoms with Gasteiger partial charge in [-0.25, -0.2) is 19.8 Å². The third-order valence-electron chi connectivity index (χ3n) is 8.04. The predicted octanol–water partition coefficient (Wildman–Crippen LogP) is 0.708. The van der Waals surface area contributed by atoms with Crippen LogP contribution in [0, 0.1) is 17.7 Å². The average molecular weight is 538 g/mol. The Labute approximate surface area is 225 Å². The minimum Gasteiger partial charge on any atom is -0.483 e. The first-order valence-corrected chi connectivity index (χ1v) is 13.4. The Morgan fingerprint density at radius 1 is 1.23 bits per heavy atom. The maximum Gasteiger partial charge on any atom is 0.258 e. The number of hydrogen-bond acceptors (Lipinski definition) is 8. The molecule has 4 heterocycles. The number of halogens is 1. The van der Waals surface area contributed by atoms with E-state index in [0.717, 1.165) is 30.8 Å². The summed E-state index contributed by atoms with van der Waals surface area (Å²) in [6.45, 7) is 1.07. The molecular formula is C27H32FN7O4. The minimum absolute atomic E-state index is 0.0295. The SMILES string of the molecule is CN1CCNC(=O)COc2ccc(F)cc2C(=O)N2CCCC[C@H]2C2C=C3N=C(C4CC4C(N)=O)C=C1N3N2. The number of fused-ring (bicyclic) bond motifs is 4. The molecule has 2 fully saturated rings. The average Bonchev–Trinajstić information content (AvgIpc) is 3.63. The number of carbonyl (C=O) groups is 3. The molecule has 4 aliphatic heterocycles. The molecule has 1 saturated carbocycles. The fraction of sp³-hybridized carbons (Fsp3) is 0.481. The zero-order chi connectivity index (χ0) is 27.3. The first-order chi connectivity index (χ1) is 18.8. The first kappa shape index (κ1) is 25.4. The van der Waals surface area contributed by atoms with Crippen LogP contribution in [0.5, 0.6) is 5.75 Å². The molecule has 1 aromatic rings. The van der Waals surface area contributed by atoms with Gasteiger partial charge in [-0.2, -0.15) is 0 Å². The highest BCUT2D eigenvalue weighted by Gasteiger charge is 2.47. The van der Waals surface area contributed by atoms with Crippen molar-refractivity contribution in [2.75, 3.05) is 33.3 Å². The van der Waals surface area contributed by atoms with Gasteiger partial charge in [0.15, 0.2) is 6.61 Å². The number of ether oxygens (including phenoxy) is 1. The molecule has 206 valence electrons. The number of nitrogens with one attached hydrogen (secondary N) is 2. The standard InChI is InChI=1S/C27H32FN7O4/c1-33-9-7-30-24(36)14-39-22-6-5-15(28)10-18(22)27(38)34-8-3-2-4-21(34)20-12-23-31-19(13-25(33)35(23)32-20)16-11-17(16)26(29)37/h5-6,10,12-13,16-17,20-21,32H,2-4,7-9,11,14H2,1H3,(H2,29,37)(H,30,36)/t16?,17?,20?,21-/m0/s1. The molecule has 2 bridgehead atoms. The molecule has 0 aromatic heterocycles. The van der Waals surface area contributed by atoms with E-state index in [0.29, 0.717) is 31.9 Å². The lowest BCUT2D eigenvalue weighted by Gasteiger charge is -2.40. The van der Waals surface area contributed by atoms with Gasteiger partial charge in [0.1, 0.15) is 23.2 Å². The van der Waals surface area contributed by atoms with Gasteiger partial charge in [-0.1, -0.05) is 0 Å². The van der Waals surface area contributed by atoms with E-state index in [1.165, 1.54) is 18.2 Å². The Morgan fingerprint density at radius 2 is 2.08 bits per heavy atom. The van der Waals surface area contributed by atoms with Gasteiger partial charge in [0.05, 0.1) is 23.4 Å². The molecule has 11 nitrogen and oxygen atoms in total. The molecular weight excluding hydrogens is 505 g/mol. The Balaban J connectivity index is 1.38. The number of primary amides is 1. The number of likely N-dealkylation sites (N-methyl/N-ethyl adjacent to an activating group) is 1. The van der Waals surface area contributed by atoms with Gasteiger partial charge in [-0.3, -0.25) is 14.4 Å². The molecule has 1 saturated heterocycles. The zero-order valence-corrected chi connectivity index (χ0v) is 21.7. The molecule has 39 heavy (non-hydrogen) atoms. The summed E-state index contributed by atoms with van der Waals surface area (Å²) in [6.07, 6.45) is 7.17. The molecule has 4 N–H and O–H groups in total. The van der Waals surface area contributed by atoms with Crippen molar-refractivity contribution < 1.29 is 23.5 Å². The van der Waals surface area contributed by atoms with E-state index < -0.39 is 5.82 Å². The van der Waals surface area contributed by atoms with Crippen molar-refractivity contribution in [1.82, 2.24) is 25.6 Å². The van der Waals surface area contributed by atoms with Crippen LogP contribution in [0.4, 0.5) is 4.39 Å². The molecule has 3 unspecified atom stereocenters. The summed E-state index contributed by atoms with van der Waals surface area (Å²) < 4.78 is 20.0. The minimum atomic E-state index is -0.551. The van der Waals surface area contributed by atoms with E-state index in [4.69, 9.17) is 15.5 Å². The summed E-state index contributed by atoms with van der Waals surface area (Å²) in [6, 6.07) is 3.34. The van der Waals surface area contributed by atoms with Gasteiger partial charge >= 0.3 is 0 Å². The highest BCUT2D eigenvalue weighted by atomic mass is 19.1. The van der Waals surface area contributed by atoms with Gasteiger partial charge in [-0.05, 0) is 50.0 Å². The van der Waals surface area contributed by atoms with E-state index in [9.17, 15) is 18.8 Å². The number of amides is 3. The second-order valence-corrected chi connectivity index (χ2v) is 10.7. The zero-order valence-electron chi connectivity index (χ0n) is 21.7. The molecule has 0 spiro atoms. The smallest absolute Gasteiger partial charge is 0.258 e. The Morgan fingerprint density at radius 3 is 2.87 bits per heavy atom. The van der Waals surface area contributed by atoms with Gasteiger partial charge < -0.3 is 25.6 Å². The van der Waals surface area contributed by atoms with Gasteiger partial charge in [0, 0.05) is 44.6 Å². The second-order valence-electron chi connectivity index (χ2n) is 10.7. The van der Waals surface area contributed by atoms with Gasteiger partial charge in [0.2, 0.25) is 5.91 Å². The molecule has 4 atom stereocenters. The van der Waals surface area contributed by atoms with Crippen molar-refractivity contribution in [3.63, 3.8) is 0 Å². The summed E-state index contributed by atoms with van der Waals surface area (Å²) in [5, 5.41) is 4.73. The van der Waals surface area contributed by atoms with Crippen molar-refractivity contribution in [1.29, 1.82) is 0 Å². The van der Waals surface area contributed by atoms with E-state index in [2.05, 4.69) is 10.7 Å². The van der Waals surface area contributed by atoms with Crippen molar-refractivity contribution in [2.24, 2.45) is 22.6 Å². The second kappa shape index (κ2) is 9.99. The van der Waals surface area contributed by atoms with Crippen molar-refractivity contribution in [3.8, 4) is 5.75 Å². The fourth-order valence-electron chi connectivity index (χ4n) is 5.83. The molecule has 0 radical (unpaired) electrons. The number of benzene rings is 1. The quantitative estimate of drug-likeness (QED) is 0.506. The number of nitrogens with zero attached hydrogens (tertiary/aromatic N) is 4. The van der Waals surface area contributed by atoms with Crippen LogP contribution in [0.25, 0.3) is 0 Å². The lowest BCUT2D eigenvalue weighted by Crippen LogP contribution is -2.55. The highest BCUT2D eigenvalue weighted by Crippen LogP contribution is 2.42. The molecule has 12 heteroatoms. The van der Waals surface area contributed by atoms with Crippen molar-refractivity contribution in [3.05, 3.63) is 53.4 Å². The Kier molecular flexibility index (Phi) is 6.49. The molecule has 6 rings (SSSR count).